The van der Waals surface area contributed by atoms with Crippen LogP contribution in [0, 0.1) is 0 Å². The molecule has 0 aliphatic carbocycles. The van der Waals surface area contributed by atoms with Gasteiger partial charge in [0.05, 0.1) is 4.90 Å². The monoisotopic (exact) mass is 408 g/mol. The maximum absolute atomic E-state index is 11.9. The zero-order valence-electron chi connectivity index (χ0n) is 13.8. The van der Waals surface area contributed by atoms with Gasteiger partial charge in [-0.05, 0) is 48.5 Å². The lowest BCUT2D eigenvalue weighted by Crippen LogP contribution is -2.13. The van der Waals surface area contributed by atoms with Crippen molar-refractivity contribution in [2.24, 2.45) is 0 Å². The predicted molar refractivity (Wildman–Crippen MR) is 100.0 cm³/mol. The molecular weight excluding hydrogens is 392 g/mol. The molecular formula is C16H16N4O5S2. The molecule has 4 N–H and O–H groups in total. The van der Waals surface area contributed by atoms with E-state index in [1.165, 1.54) is 48.8 Å². The van der Waals surface area contributed by atoms with E-state index in [4.69, 9.17) is 10.3 Å². The molecule has 1 aromatic carbocycles. The summed E-state index contributed by atoms with van der Waals surface area (Å²) in [4.78, 5) is 7.45. The predicted octanol–water partition coefficient (Wildman–Crippen LogP) is 1.79. The Balaban J connectivity index is 0.000000223. The number of nitrogens with zero attached hydrogens (tertiary/aromatic N) is 2. The summed E-state index contributed by atoms with van der Waals surface area (Å²) < 4.78 is 55.3. The number of hydrogen-bond acceptors (Lipinski definition) is 7. The summed E-state index contributed by atoms with van der Waals surface area (Å²) in [6.45, 7) is 0. The van der Waals surface area contributed by atoms with Crippen LogP contribution in [0.25, 0.3) is 0 Å². The maximum Gasteiger partial charge on any atom is 0.312 e. The van der Waals surface area contributed by atoms with Gasteiger partial charge in [-0.3, -0.25) is 9.27 Å². The minimum atomic E-state index is -4.11. The van der Waals surface area contributed by atoms with Gasteiger partial charge in [-0.25, -0.2) is 18.4 Å². The quantitative estimate of drug-likeness (QED) is 0.436. The standard InChI is InChI=1S/C11H11N3O2S.C5H5NO3S/c12-9-4-6-10(7-5-9)17(15,16)14-11-3-1-2-8-13-11;7-10(8,9)5-3-1-2-4-6-5/h1-8H,12H2,(H,13,14);1-4H,(H,7,8,9). The van der Waals surface area contributed by atoms with Crippen LogP contribution in [-0.2, 0) is 20.1 Å². The molecule has 9 nitrogen and oxygen atoms in total. The van der Waals surface area contributed by atoms with Crippen molar-refractivity contribution in [2.75, 3.05) is 10.5 Å². The van der Waals surface area contributed by atoms with Crippen molar-refractivity contribution in [3.63, 3.8) is 0 Å². The Morgan fingerprint density at radius 1 is 0.815 bits per heavy atom. The third kappa shape index (κ3) is 6.33. The van der Waals surface area contributed by atoms with E-state index in [1.807, 2.05) is 0 Å². The highest BCUT2D eigenvalue weighted by molar-refractivity contribution is 7.92. The summed E-state index contributed by atoms with van der Waals surface area (Å²) in [5.74, 6) is 0.282. The van der Waals surface area contributed by atoms with E-state index < -0.39 is 20.1 Å². The van der Waals surface area contributed by atoms with Crippen molar-refractivity contribution in [1.29, 1.82) is 0 Å². The summed E-state index contributed by atoms with van der Waals surface area (Å²) in [5.41, 5.74) is 6.01. The van der Waals surface area contributed by atoms with Crippen LogP contribution in [0.2, 0.25) is 0 Å². The van der Waals surface area contributed by atoms with Crippen molar-refractivity contribution in [3.05, 3.63) is 73.1 Å². The molecule has 11 heteroatoms. The largest absolute Gasteiger partial charge is 0.399 e. The minimum Gasteiger partial charge on any atom is -0.399 e. The van der Waals surface area contributed by atoms with Gasteiger partial charge in [-0.1, -0.05) is 12.1 Å². The SMILES string of the molecule is Nc1ccc(S(=O)(=O)Nc2ccccn2)cc1.O=S(=O)(O)c1ccccn1. The Hall–Kier alpha value is -3.02. The van der Waals surface area contributed by atoms with E-state index in [9.17, 15) is 16.8 Å². The first-order valence-electron chi connectivity index (χ1n) is 7.36. The first-order chi connectivity index (χ1) is 12.7. The molecule has 0 unspecified atom stereocenters. The molecule has 0 bridgehead atoms. The zero-order chi connectivity index (χ0) is 19.9. The Kier molecular flexibility index (Phi) is 6.45. The molecule has 0 saturated heterocycles. The number of benzene rings is 1. The fourth-order valence-corrected chi connectivity index (χ4v) is 3.22. The summed E-state index contributed by atoms with van der Waals surface area (Å²) in [7, 11) is -7.71. The number of nitrogen functional groups attached to an aromatic ring is 1. The van der Waals surface area contributed by atoms with Gasteiger partial charge in [0.1, 0.15) is 5.82 Å². The number of pyridine rings is 2. The Bertz CT molecular complexity index is 1070. The third-order valence-corrected chi connectivity index (χ3v) is 5.14. The van der Waals surface area contributed by atoms with Crippen LogP contribution >= 0.6 is 0 Å². The smallest absolute Gasteiger partial charge is 0.312 e. The average Bonchev–Trinajstić information content (AvgIpc) is 2.63. The number of nitrogens with two attached hydrogens (primary N) is 1. The van der Waals surface area contributed by atoms with Crippen molar-refractivity contribution >= 4 is 31.6 Å². The lowest BCUT2D eigenvalue weighted by molar-refractivity contribution is 0.479. The number of hydrogen-bond donors (Lipinski definition) is 3. The van der Waals surface area contributed by atoms with Gasteiger partial charge < -0.3 is 5.73 Å². The van der Waals surface area contributed by atoms with E-state index in [0.29, 0.717) is 5.69 Å². The van der Waals surface area contributed by atoms with Crippen LogP contribution in [-0.4, -0.2) is 31.4 Å². The molecule has 3 aromatic rings. The first kappa shape index (κ1) is 20.3. The number of rotatable bonds is 4. The van der Waals surface area contributed by atoms with E-state index in [-0.39, 0.29) is 15.7 Å². The number of sulfonamides is 1. The second kappa shape index (κ2) is 8.58. The van der Waals surface area contributed by atoms with Crippen LogP contribution in [0.4, 0.5) is 11.5 Å². The zero-order valence-corrected chi connectivity index (χ0v) is 15.4. The first-order valence-corrected chi connectivity index (χ1v) is 10.3. The van der Waals surface area contributed by atoms with Crippen molar-refractivity contribution in [1.82, 2.24) is 9.97 Å². The Labute approximate surface area is 156 Å². The van der Waals surface area contributed by atoms with E-state index in [1.54, 1.807) is 24.3 Å². The van der Waals surface area contributed by atoms with Gasteiger partial charge in [0.15, 0.2) is 5.03 Å². The van der Waals surface area contributed by atoms with Crippen LogP contribution in [0.15, 0.2) is 83.0 Å². The lowest BCUT2D eigenvalue weighted by atomic mass is 10.3. The molecule has 0 fully saturated rings. The van der Waals surface area contributed by atoms with Gasteiger partial charge in [0, 0.05) is 18.1 Å². The molecule has 0 atom stereocenters. The molecule has 0 spiro atoms. The van der Waals surface area contributed by atoms with Crippen LogP contribution < -0.4 is 10.5 Å². The van der Waals surface area contributed by atoms with Gasteiger partial charge in [0.2, 0.25) is 0 Å². The molecule has 0 amide bonds. The number of aromatic nitrogens is 2. The maximum atomic E-state index is 11.9. The molecule has 2 heterocycles. The van der Waals surface area contributed by atoms with Crippen molar-refractivity contribution in [2.45, 2.75) is 9.92 Å². The summed E-state index contributed by atoms with van der Waals surface area (Å²) in [5, 5.41) is -0.324. The highest BCUT2D eigenvalue weighted by Gasteiger charge is 2.13. The van der Waals surface area contributed by atoms with E-state index in [0.717, 1.165) is 0 Å². The normalized spacial score (nSPS) is 11.1. The Morgan fingerprint density at radius 3 is 1.85 bits per heavy atom. The highest BCUT2D eigenvalue weighted by atomic mass is 32.2. The van der Waals surface area contributed by atoms with Crippen molar-refractivity contribution < 1.29 is 21.4 Å². The van der Waals surface area contributed by atoms with Crippen LogP contribution in [0.3, 0.4) is 0 Å². The molecule has 0 aliphatic rings. The topological polar surface area (TPSA) is 152 Å². The van der Waals surface area contributed by atoms with Gasteiger partial charge in [-0.2, -0.15) is 8.42 Å². The lowest BCUT2D eigenvalue weighted by Gasteiger charge is -2.06. The second-order valence-electron chi connectivity index (χ2n) is 5.03. The molecule has 0 saturated carbocycles. The summed E-state index contributed by atoms with van der Waals surface area (Å²) >= 11 is 0. The molecule has 3 rings (SSSR count). The minimum absolute atomic E-state index is 0.150. The fourth-order valence-electron chi connectivity index (χ4n) is 1.77. The molecule has 27 heavy (non-hydrogen) atoms. The summed E-state index contributed by atoms with van der Waals surface area (Å²) in [6, 6.07) is 15.2. The van der Waals surface area contributed by atoms with E-state index in [2.05, 4.69) is 14.7 Å². The second-order valence-corrected chi connectivity index (χ2v) is 8.08. The molecule has 142 valence electrons. The van der Waals surface area contributed by atoms with Gasteiger partial charge >= 0.3 is 10.1 Å². The van der Waals surface area contributed by atoms with Crippen LogP contribution in [0.5, 0.6) is 0 Å². The molecule has 0 radical (unpaired) electrons. The number of anilines is 2. The third-order valence-electron chi connectivity index (χ3n) is 3.00. The van der Waals surface area contributed by atoms with Gasteiger partial charge in [-0.15, -0.1) is 0 Å². The van der Waals surface area contributed by atoms with Gasteiger partial charge in [0.25, 0.3) is 10.0 Å². The number of nitrogens with one attached hydrogen (secondary N) is 1. The fraction of sp³-hybridized carbons (Fsp3) is 0. The average molecular weight is 408 g/mol. The van der Waals surface area contributed by atoms with Crippen LogP contribution in [0.1, 0.15) is 0 Å². The van der Waals surface area contributed by atoms with Crippen molar-refractivity contribution in [3.8, 4) is 0 Å². The highest BCUT2D eigenvalue weighted by Crippen LogP contribution is 2.15. The van der Waals surface area contributed by atoms with E-state index >= 15 is 0 Å². The Morgan fingerprint density at radius 2 is 1.41 bits per heavy atom. The molecule has 2 aromatic heterocycles. The summed E-state index contributed by atoms with van der Waals surface area (Å²) in [6.07, 6.45) is 2.81. The molecule has 0 aliphatic heterocycles.